The monoisotopic (exact) mass is 595 g/mol. The van der Waals surface area contributed by atoms with Crippen LogP contribution < -0.4 is 5.73 Å². The third-order valence-corrected chi connectivity index (χ3v) is 8.76. The summed E-state index contributed by atoms with van der Waals surface area (Å²) in [7, 11) is 2.94. The molecule has 6 N–H and O–H groups in total. The molecule has 0 spiro atoms. The molecule has 0 aliphatic heterocycles. The van der Waals surface area contributed by atoms with Crippen molar-refractivity contribution < 1.29 is 48.0 Å². The SMILES string of the molecule is CCCCN(CC)Cc1cc(O)c2c(c1C(F)(F)F)C[C@H]1C[C@H]3[C@H](N(C)C)C(O)=C(C(N)=O)C(=O)[C@@]3(O)C(O)=C1C2=O. The van der Waals surface area contributed by atoms with E-state index >= 15 is 0 Å². The van der Waals surface area contributed by atoms with E-state index in [-0.39, 0.29) is 18.5 Å². The molecule has 1 aromatic rings. The number of phenolic OH excluding ortho intramolecular Hbond substituents is 1. The molecule has 0 aromatic heterocycles. The van der Waals surface area contributed by atoms with E-state index in [0.29, 0.717) is 13.1 Å². The number of carbonyl (C=O) groups excluding carboxylic acids is 3. The van der Waals surface area contributed by atoms with Crippen molar-refractivity contribution in [3.8, 4) is 5.75 Å². The molecule has 0 unspecified atom stereocenters. The van der Waals surface area contributed by atoms with Crippen LogP contribution in [0.3, 0.4) is 0 Å². The second-order valence-corrected chi connectivity index (χ2v) is 11.5. The zero-order valence-electron chi connectivity index (χ0n) is 23.9. The highest BCUT2D eigenvalue weighted by atomic mass is 19.4. The first-order chi connectivity index (χ1) is 19.5. The van der Waals surface area contributed by atoms with E-state index in [1.807, 2.05) is 18.7 Å². The molecule has 0 radical (unpaired) electrons. The van der Waals surface area contributed by atoms with E-state index < -0.39 is 98.7 Å². The summed E-state index contributed by atoms with van der Waals surface area (Å²) in [4.78, 5) is 42.4. The highest BCUT2D eigenvalue weighted by Crippen LogP contribution is 2.54. The average Bonchev–Trinajstić information content (AvgIpc) is 2.87. The standard InChI is InChI=1S/C29H36F3N3O7/c1-5-7-8-35(6-2)12-14-11-17(36)19-15(21(14)29(30,31)32)9-13-10-16-22(34(3)4)24(38)20(27(33)41)26(40)28(16,42)25(39)18(13)23(19)37/h11,13,16,22,36,38-39,42H,5-10,12H2,1-4H3,(H2,33,41)/t13-,16-,22-,28-/m0/s1. The second kappa shape index (κ2) is 11.0. The lowest BCUT2D eigenvalue weighted by Crippen LogP contribution is -2.63. The number of benzene rings is 1. The van der Waals surface area contributed by atoms with Gasteiger partial charge in [0.05, 0.1) is 17.2 Å². The molecule has 0 saturated heterocycles. The van der Waals surface area contributed by atoms with Gasteiger partial charge in [-0.05, 0) is 69.6 Å². The number of nitrogens with two attached hydrogens (primary N) is 1. The topological polar surface area (TPSA) is 165 Å². The van der Waals surface area contributed by atoms with Crippen molar-refractivity contribution in [1.29, 1.82) is 0 Å². The molecular formula is C29H36F3N3O7. The van der Waals surface area contributed by atoms with Crippen LogP contribution in [0.5, 0.6) is 5.75 Å². The van der Waals surface area contributed by atoms with Gasteiger partial charge in [-0.25, -0.2) is 0 Å². The third kappa shape index (κ3) is 4.77. The van der Waals surface area contributed by atoms with Crippen molar-refractivity contribution in [2.45, 2.75) is 63.9 Å². The first-order valence-electron chi connectivity index (χ1n) is 13.8. The van der Waals surface area contributed by atoms with Crippen LogP contribution in [0, 0.1) is 11.8 Å². The fraction of sp³-hybridized carbons (Fsp3) is 0.552. The van der Waals surface area contributed by atoms with Crippen molar-refractivity contribution in [2.75, 3.05) is 27.2 Å². The number of alkyl halides is 3. The lowest BCUT2D eigenvalue weighted by Gasteiger charge is -2.50. The highest BCUT2D eigenvalue weighted by molar-refractivity contribution is 6.24. The molecular weight excluding hydrogens is 559 g/mol. The number of rotatable bonds is 8. The molecule has 0 heterocycles. The molecule has 0 saturated carbocycles. The Bertz CT molecular complexity index is 1400. The number of aliphatic hydroxyl groups excluding tert-OH is 2. The van der Waals surface area contributed by atoms with Gasteiger partial charge >= 0.3 is 6.18 Å². The number of likely N-dealkylation sites (N-methyl/N-ethyl adjacent to an activating group) is 1. The molecule has 0 fully saturated rings. The van der Waals surface area contributed by atoms with Crippen LogP contribution in [0.15, 0.2) is 28.7 Å². The quantitative estimate of drug-likeness (QED) is 0.284. The van der Waals surface area contributed by atoms with Crippen LogP contribution in [-0.4, -0.2) is 86.5 Å². The number of fused-ring (bicyclic) bond motifs is 3. The highest BCUT2D eigenvalue weighted by Gasteiger charge is 2.63. The van der Waals surface area contributed by atoms with Crippen LogP contribution in [0.1, 0.15) is 60.2 Å². The minimum absolute atomic E-state index is 0.118. The van der Waals surface area contributed by atoms with E-state index in [9.17, 15) is 48.0 Å². The minimum atomic E-state index is -4.89. The maximum absolute atomic E-state index is 14.7. The average molecular weight is 596 g/mol. The molecule has 13 heteroatoms. The molecule has 4 rings (SSSR count). The Labute approximate surface area is 240 Å². The number of ketones is 2. The molecule has 1 aromatic carbocycles. The number of carbonyl (C=O) groups is 3. The molecule has 230 valence electrons. The van der Waals surface area contributed by atoms with Gasteiger partial charge in [-0.2, -0.15) is 13.2 Å². The van der Waals surface area contributed by atoms with E-state index in [1.165, 1.54) is 19.0 Å². The summed E-state index contributed by atoms with van der Waals surface area (Å²) < 4.78 is 44.0. The maximum atomic E-state index is 14.7. The number of amides is 1. The molecule has 42 heavy (non-hydrogen) atoms. The van der Waals surface area contributed by atoms with Gasteiger partial charge in [0.1, 0.15) is 22.8 Å². The van der Waals surface area contributed by atoms with Crippen LogP contribution >= 0.6 is 0 Å². The number of hydrogen-bond acceptors (Lipinski definition) is 9. The summed E-state index contributed by atoms with van der Waals surface area (Å²) in [6.07, 6.45) is -4.03. The zero-order valence-corrected chi connectivity index (χ0v) is 23.9. The largest absolute Gasteiger partial charge is 0.510 e. The Hall–Kier alpha value is -3.42. The summed E-state index contributed by atoms with van der Waals surface area (Å²) in [6, 6.07) is -0.333. The van der Waals surface area contributed by atoms with Gasteiger partial charge in [-0.3, -0.25) is 24.2 Å². The maximum Gasteiger partial charge on any atom is 0.417 e. The van der Waals surface area contributed by atoms with Gasteiger partial charge in [-0.15, -0.1) is 0 Å². The fourth-order valence-corrected chi connectivity index (χ4v) is 6.84. The van der Waals surface area contributed by atoms with Gasteiger partial charge in [0, 0.05) is 18.0 Å². The van der Waals surface area contributed by atoms with Crippen LogP contribution in [0.4, 0.5) is 13.2 Å². The number of aliphatic hydroxyl groups is 3. The predicted octanol–water partition coefficient (Wildman–Crippen LogP) is 2.76. The van der Waals surface area contributed by atoms with Gasteiger partial charge in [0.2, 0.25) is 5.78 Å². The van der Waals surface area contributed by atoms with E-state index in [4.69, 9.17) is 5.73 Å². The Morgan fingerprint density at radius 2 is 1.81 bits per heavy atom. The Balaban J connectivity index is 1.93. The Morgan fingerprint density at radius 1 is 1.17 bits per heavy atom. The van der Waals surface area contributed by atoms with Gasteiger partial charge in [-0.1, -0.05) is 20.3 Å². The van der Waals surface area contributed by atoms with Crippen molar-refractivity contribution in [3.05, 3.63) is 51.0 Å². The lowest BCUT2D eigenvalue weighted by molar-refractivity contribution is -0.148. The van der Waals surface area contributed by atoms with Crippen LogP contribution in [-0.2, 0) is 28.7 Å². The molecule has 1 amide bonds. The number of nitrogens with zero attached hydrogens (tertiary/aromatic N) is 2. The summed E-state index contributed by atoms with van der Waals surface area (Å²) in [5, 5.41) is 44.7. The van der Waals surface area contributed by atoms with Gasteiger partial charge in [0.15, 0.2) is 11.4 Å². The number of aromatic hydroxyl groups is 1. The molecule has 10 nitrogen and oxygen atoms in total. The van der Waals surface area contributed by atoms with Crippen molar-refractivity contribution >= 4 is 17.5 Å². The predicted molar refractivity (Wildman–Crippen MR) is 145 cm³/mol. The van der Waals surface area contributed by atoms with Gasteiger partial charge in [0.25, 0.3) is 5.91 Å². The first kappa shape index (κ1) is 31.5. The van der Waals surface area contributed by atoms with E-state index in [1.54, 1.807) is 0 Å². The molecule has 0 bridgehead atoms. The first-order valence-corrected chi connectivity index (χ1v) is 13.8. The van der Waals surface area contributed by atoms with Gasteiger partial charge < -0.3 is 26.2 Å². The minimum Gasteiger partial charge on any atom is -0.510 e. The Morgan fingerprint density at radius 3 is 2.33 bits per heavy atom. The zero-order chi connectivity index (χ0) is 31.5. The summed E-state index contributed by atoms with van der Waals surface area (Å²) >= 11 is 0. The lowest BCUT2D eigenvalue weighted by atomic mass is 9.58. The number of phenols is 1. The second-order valence-electron chi connectivity index (χ2n) is 11.5. The fourth-order valence-electron chi connectivity index (χ4n) is 6.84. The summed E-state index contributed by atoms with van der Waals surface area (Å²) in [5.41, 5.74) is -1.36. The van der Waals surface area contributed by atoms with Crippen LogP contribution in [0.25, 0.3) is 0 Å². The normalized spacial score (nSPS) is 26.1. The van der Waals surface area contributed by atoms with Crippen molar-refractivity contribution in [3.63, 3.8) is 0 Å². The molecule has 3 aliphatic carbocycles. The Kier molecular flexibility index (Phi) is 8.26. The third-order valence-electron chi connectivity index (χ3n) is 8.76. The molecule has 4 atom stereocenters. The number of halogens is 3. The number of allylic oxidation sites excluding steroid dienone is 1. The molecule has 3 aliphatic rings. The number of unbranched alkanes of at least 4 members (excludes halogenated alkanes) is 1. The summed E-state index contributed by atoms with van der Waals surface area (Å²) in [5.74, 6) is -8.98. The number of hydrogen-bond donors (Lipinski definition) is 5. The van der Waals surface area contributed by atoms with Crippen molar-refractivity contribution in [1.82, 2.24) is 9.80 Å². The number of Topliss-reactive ketones (excluding diaryl/α,β-unsaturated/α-hetero) is 2. The van der Waals surface area contributed by atoms with Crippen LogP contribution in [0.2, 0.25) is 0 Å². The number of primary amides is 1. The smallest absolute Gasteiger partial charge is 0.417 e. The van der Waals surface area contributed by atoms with Crippen molar-refractivity contribution in [2.24, 2.45) is 17.6 Å². The van der Waals surface area contributed by atoms with E-state index in [0.717, 1.165) is 18.9 Å². The van der Waals surface area contributed by atoms with E-state index in [2.05, 4.69) is 0 Å². The summed E-state index contributed by atoms with van der Waals surface area (Å²) in [6.45, 7) is 4.65.